The lowest BCUT2D eigenvalue weighted by Crippen LogP contribution is -2.46. The molecule has 0 aromatic rings. The van der Waals surface area contributed by atoms with Crippen LogP contribution < -0.4 is 10.6 Å². The molecule has 2 aliphatic rings. The van der Waals surface area contributed by atoms with Gasteiger partial charge in [0, 0.05) is 25.2 Å². The Balaban J connectivity index is 2.05. The first kappa shape index (κ1) is 6.38. The minimum absolute atomic E-state index is 0.349. The average Bonchev–Trinajstić information content (AvgIpc) is 2.39. The third-order valence-corrected chi connectivity index (χ3v) is 2.44. The maximum absolute atomic E-state index is 4.32. The second kappa shape index (κ2) is 2.36. The molecule has 2 heteroatoms. The molecule has 0 bridgehead atoms. The fraction of sp³-hybridized carbons (Fsp3) is 0.750. The van der Waals surface area contributed by atoms with Gasteiger partial charge in [0.2, 0.25) is 0 Å². The Morgan fingerprint density at radius 2 is 2.10 bits per heavy atom. The van der Waals surface area contributed by atoms with Gasteiger partial charge in [-0.05, 0) is 12.8 Å². The largest absolute Gasteiger partial charge is 0.304 e. The molecule has 2 rings (SSSR count). The molecule has 10 heavy (non-hydrogen) atoms. The molecule has 2 nitrogen and oxygen atoms in total. The molecule has 0 aromatic carbocycles. The topological polar surface area (TPSA) is 26.1 Å². The normalized spacial score (nSPS) is 29.6. The Bertz CT molecular complexity index is 145. The van der Waals surface area contributed by atoms with Gasteiger partial charge in [-0.15, -0.1) is 0 Å². The summed E-state index contributed by atoms with van der Waals surface area (Å²) >= 11 is 0. The maximum Gasteiger partial charge on any atom is 0.0392 e. The first-order valence-electron chi connectivity index (χ1n) is 3.97. The molecule has 0 aromatic heterocycles. The van der Waals surface area contributed by atoms with Crippen LogP contribution in [0.15, 0.2) is 12.2 Å². The monoisotopic (exact) mass is 137 g/mol. The Morgan fingerprint density at radius 1 is 1.30 bits per heavy atom. The summed E-state index contributed by atoms with van der Waals surface area (Å²) in [5.74, 6) is 0. The van der Waals surface area contributed by atoms with Crippen molar-refractivity contribution in [2.75, 3.05) is 19.6 Å². The van der Waals surface area contributed by atoms with Gasteiger partial charge in [-0.3, -0.25) is 0 Å². The summed E-state index contributed by atoms with van der Waals surface area (Å²) in [6.07, 6.45) is 6.94. The zero-order chi connectivity index (χ0) is 6.86. The minimum atomic E-state index is 0.349. The SMILES string of the molecule is C1=CC2(CC[N]CC2)NC1. The summed E-state index contributed by atoms with van der Waals surface area (Å²) in [7, 11) is 0. The van der Waals surface area contributed by atoms with Gasteiger partial charge in [-0.25, -0.2) is 5.32 Å². The van der Waals surface area contributed by atoms with E-state index in [1.54, 1.807) is 0 Å². The van der Waals surface area contributed by atoms with Gasteiger partial charge in [-0.1, -0.05) is 12.2 Å². The predicted octanol–water partition coefficient (Wildman–Crippen LogP) is 0.283. The molecule has 1 saturated heterocycles. The van der Waals surface area contributed by atoms with Gasteiger partial charge in [0.25, 0.3) is 0 Å². The number of nitrogens with zero attached hydrogens (tertiary/aromatic N) is 1. The number of nitrogens with one attached hydrogen (secondary N) is 1. The van der Waals surface area contributed by atoms with E-state index >= 15 is 0 Å². The van der Waals surface area contributed by atoms with E-state index < -0.39 is 0 Å². The second-order valence-corrected chi connectivity index (χ2v) is 3.11. The quantitative estimate of drug-likeness (QED) is 0.477. The molecule has 1 fully saturated rings. The highest BCUT2D eigenvalue weighted by Crippen LogP contribution is 2.22. The van der Waals surface area contributed by atoms with E-state index in [4.69, 9.17) is 0 Å². The van der Waals surface area contributed by atoms with E-state index in [0.717, 1.165) is 19.6 Å². The van der Waals surface area contributed by atoms with E-state index in [0.29, 0.717) is 5.54 Å². The van der Waals surface area contributed by atoms with Crippen LogP contribution in [0.25, 0.3) is 0 Å². The van der Waals surface area contributed by atoms with Crippen molar-refractivity contribution in [1.82, 2.24) is 10.6 Å². The molecule has 0 unspecified atom stereocenters. The van der Waals surface area contributed by atoms with Crippen LogP contribution in [0, 0.1) is 0 Å². The van der Waals surface area contributed by atoms with Crippen LogP contribution in [0.5, 0.6) is 0 Å². The summed E-state index contributed by atoms with van der Waals surface area (Å²) in [5, 5.41) is 7.82. The maximum atomic E-state index is 4.32. The zero-order valence-electron chi connectivity index (χ0n) is 6.14. The Kier molecular flexibility index (Phi) is 1.51. The highest BCUT2D eigenvalue weighted by Gasteiger charge is 2.30. The smallest absolute Gasteiger partial charge is 0.0392 e. The zero-order valence-corrected chi connectivity index (χ0v) is 6.14. The fourth-order valence-electron chi connectivity index (χ4n) is 1.74. The first-order chi connectivity index (χ1) is 4.91. The molecule has 2 aliphatic heterocycles. The van der Waals surface area contributed by atoms with Crippen molar-refractivity contribution in [3.8, 4) is 0 Å². The van der Waals surface area contributed by atoms with E-state index in [2.05, 4.69) is 22.8 Å². The van der Waals surface area contributed by atoms with Crippen LogP contribution in [-0.4, -0.2) is 25.2 Å². The van der Waals surface area contributed by atoms with Crippen molar-refractivity contribution >= 4 is 0 Å². The summed E-state index contributed by atoms with van der Waals surface area (Å²) in [4.78, 5) is 0. The highest BCUT2D eigenvalue weighted by atomic mass is 15.0. The van der Waals surface area contributed by atoms with Crippen molar-refractivity contribution in [3.63, 3.8) is 0 Å². The van der Waals surface area contributed by atoms with Crippen molar-refractivity contribution < 1.29 is 0 Å². The standard InChI is InChI=1S/C8H13N2/c1-2-8(10-5-1)3-6-9-7-4-8/h1-2,10H,3-7H2. The Morgan fingerprint density at radius 3 is 2.70 bits per heavy atom. The lowest BCUT2D eigenvalue weighted by molar-refractivity contribution is 0.323. The van der Waals surface area contributed by atoms with E-state index in [-0.39, 0.29) is 0 Å². The molecule has 0 aliphatic carbocycles. The summed E-state index contributed by atoms with van der Waals surface area (Å²) in [5.41, 5.74) is 0.349. The van der Waals surface area contributed by atoms with Crippen molar-refractivity contribution in [2.24, 2.45) is 0 Å². The van der Waals surface area contributed by atoms with Gasteiger partial charge >= 0.3 is 0 Å². The van der Waals surface area contributed by atoms with Crippen molar-refractivity contribution in [1.29, 1.82) is 0 Å². The Labute approximate surface area is 61.7 Å². The molecule has 1 spiro atoms. The summed E-state index contributed by atoms with van der Waals surface area (Å²) in [6.45, 7) is 3.13. The average molecular weight is 137 g/mol. The molecule has 1 N–H and O–H groups in total. The predicted molar refractivity (Wildman–Crippen MR) is 41.0 cm³/mol. The van der Waals surface area contributed by atoms with Crippen LogP contribution in [-0.2, 0) is 0 Å². The molecule has 0 atom stereocenters. The van der Waals surface area contributed by atoms with Crippen LogP contribution in [0.4, 0.5) is 0 Å². The summed E-state index contributed by atoms with van der Waals surface area (Å²) < 4.78 is 0. The van der Waals surface area contributed by atoms with Gasteiger partial charge in [0.15, 0.2) is 0 Å². The lowest BCUT2D eigenvalue weighted by Gasteiger charge is -2.31. The molecule has 55 valence electrons. The molecule has 0 saturated carbocycles. The first-order valence-corrected chi connectivity index (χ1v) is 3.97. The number of piperidine rings is 1. The van der Waals surface area contributed by atoms with Gasteiger partial charge in [0.1, 0.15) is 0 Å². The molecule has 2 heterocycles. The molecular formula is C8H13N2. The third kappa shape index (κ3) is 0.976. The number of rotatable bonds is 0. The van der Waals surface area contributed by atoms with Gasteiger partial charge in [-0.2, -0.15) is 0 Å². The Hall–Kier alpha value is -0.340. The van der Waals surface area contributed by atoms with Crippen LogP contribution in [0.1, 0.15) is 12.8 Å². The second-order valence-electron chi connectivity index (χ2n) is 3.11. The van der Waals surface area contributed by atoms with Crippen LogP contribution in [0.3, 0.4) is 0 Å². The van der Waals surface area contributed by atoms with Gasteiger partial charge in [0.05, 0.1) is 0 Å². The van der Waals surface area contributed by atoms with Crippen molar-refractivity contribution in [2.45, 2.75) is 18.4 Å². The van der Waals surface area contributed by atoms with Crippen LogP contribution >= 0.6 is 0 Å². The molecular weight excluding hydrogens is 124 g/mol. The van der Waals surface area contributed by atoms with Crippen molar-refractivity contribution in [3.05, 3.63) is 12.2 Å². The fourth-order valence-corrected chi connectivity index (χ4v) is 1.74. The number of hydrogen-bond acceptors (Lipinski definition) is 1. The minimum Gasteiger partial charge on any atom is -0.304 e. The third-order valence-electron chi connectivity index (χ3n) is 2.44. The van der Waals surface area contributed by atoms with E-state index in [1.807, 2.05) is 0 Å². The lowest BCUT2D eigenvalue weighted by atomic mass is 9.90. The summed E-state index contributed by atoms with van der Waals surface area (Å²) in [6, 6.07) is 0. The molecule has 0 amide bonds. The van der Waals surface area contributed by atoms with E-state index in [1.165, 1.54) is 12.8 Å². The highest BCUT2D eigenvalue weighted by molar-refractivity contribution is 5.15. The molecule has 1 radical (unpaired) electrons. The van der Waals surface area contributed by atoms with E-state index in [9.17, 15) is 0 Å². The van der Waals surface area contributed by atoms with Crippen LogP contribution in [0.2, 0.25) is 0 Å². The van der Waals surface area contributed by atoms with Gasteiger partial charge < -0.3 is 5.32 Å². The number of hydrogen-bond donors (Lipinski definition) is 1.